The van der Waals surface area contributed by atoms with Gasteiger partial charge in [0, 0.05) is 57.8 Å². The lowest BCUT2D eigenvalue weighted by Gasteiger charge is -2.31. The fourth-order valence-corrected chi connectivity index (χ4v) is 3.77. The Morgan fingerprint density at radius 3 is 2.65 bits per heavy atom. The van der Waals surface area contributed by atoms with Crippen LogP contribution in [-0.2, 0) is 38.7 Å². The molecule has 3 rings (SSSR count). The summed E-state index contributed by atoms with van der Waals surface area (Å²) >= 11 is 0. The molecule has 14 nitrogen and oxygen atoms in total. The largest absolute Gasteiger partial charge is 0.461 e. The van der Waals surface area contributed by atoms with Gasteiger partial charge in [0.1, 0.15) is 18.4 Å². The fraction of sp³-hybridized carbons (Fsp3) is 0.522. The number of pyridine rings is 1. The van der Waals surface area contributed by atoms with Gasteiger partial charge in [0.25, 0.3) is 5.56 Å². The Labute approximate surface area is 212 Å². The van der Waals surface area contributed by atoms with Crippen LogP contribution in [0.15, 0.2) is 11.0 Å². The number of fused-ring (bicyclic) bond motifs is 1. The third-order valence-corrected chi connectivity index (χ3v) is 5.56. The van der Waals surface area contributed by atoms with E-state index in [1.807, 2.05) is 0 Å². The second kappa shape index (κ2) is 12.5. The molecule has 1 aliphatic heterocycles. The minimum Gasteiger partial charge on any atom is -0.461 e. The van der Waals surface area contributed by atoms with Crippen LogP contribution in [0.25, 0.3) is 0 Å². The Hall–Kier alpha value is -3.75. The fourth-order valence-electron chi connectivity index (χ4n) is 3.77. The molecule has 0 radical (unpaired) electrons. The summed E-state index contributed by atoms with van der Waals surface area (Å²) in [5.41, 5.74) is 1.20. The summed E-state index contributed by atoms with van der Waals surface area (Å²) in [7, 11) is 1.51. The second-order valence-corrected chi connectivity index (χ2v) is 8.52. The van der Waals surface area contributed by atoms with Crippen molar-refractivity contribution in [1.82, 2.24) is 15.0 Å². The van der Waals surface area contributed by atoms with E-state index in [1.54, 1.807) is 6.20 Å². The third kappa shape index (κ3) is 7.15. The molecule has 0 amide bonds. The van der Waals surface area contributed by atoms with Crippen molar-refractivity contribution < 1.29 is 34.0 Å². The zero-order valence-corrected chi connectivity index (χ0v) is 21.1. The van der Waals surface area contributed by atoms with Crippen LogP contribution in [0.2, 0.25) is 0 Å². The third-order valence-electron chi connectivity index (χ3n) is 5.56. The van der Waals surface area contributed by atoms with E-state index in [0.717, 1.165) is 0 Å². The van der Waals surface area contributed by atoms with Gasteiger partial charge >= 0.3 is 11.9 Å². The molecule has 2 aromatic rings. The highest BCUT2D eigenvalue weighted by Crippen LogP contribution is 2.28. The van der Waals surface area contributed by atoms with E-state index in [2.05, 4.69) is 30.9 Å². The van der Waals surface area contributed by atoms with Crippen molar-refractivity contribution in [2.45, 2.75) is 58.7 Å². The highest BCUT2D eigenvalue weighted by molar-refractivity contribution is 5.71. The molecule has 0 fully saturated rings. The van der Waals surface area contributed by atoms with Crippen molar-refractivity contribution in [3.63, 3.8) is 0 Å². The predicted octanol–water partition coefficient (Wildman–Crippen LogP) is -0.0980. The average molecular weight is 521 g/mol. The van der Waals surface area contributed by atoms with Crippen molar-refractivity contribution in [2.75, 3.05) is 36.1 Å². The summed E-state index contributed by atoms with van der Waals surface area (Å²) in [6.07, 6.45) is -0.203. The molecule has 3 atom stereocenters. The summed E-state index contributed by atoms with van der Waals surface area (Å²) in [4.78, 5) is 47.2. The number of aliphatic hydroxyl groups is 2. The lowest BCUT2D eigenvalue weighted by atomic mass is 10.0. The number of anilines is 3. The highest BCUT2D eigenvalue weighted by atomic mass is 16.5. The summed E-state index contributed by atoms with van der Waals surface area (Å²) in [5.74, 6) is -0.378. The number of nitrogens with zero attached hydrogens (tertiary/aromatic N) is 2. The number of aromatic nitrogens is 3. The second-order valence-electron chi connectivity index (χ2n) is 8.52. The Morgan fingerprint density at radius 1 is 1.24 bits per heavy atom. The molecule has 1 aliphatic rings. The number of carbonyl (C=O) groups excluding carboxylic acids is 2. The molecule has 3 heterocycles. The Kier molecular flexibility index (Phi) is 9.38. The van der Waals surface area contributed by atoms with Gasteiger partial charge in [-0.3, -0.25) is 24.4 Å². The maximum Gasteiger partial charge on any atom is 0.308 e. The highest BCUT2D eigenvalue weighted by Gasteiger charge is 2.29. The van der Waals surface area contributed by atoms with Gasteiger partial charge in [-0.05, 0) is 6.92 Å². The van der Waals surface area contributed by atoms with E-state index < -0.39 is 35.7 Å². The lowest BCUT2D eigenvalue weighted by Crippen LogP contribution is -2.48. The molecule has 37 heavy (non-hydrogen) atoms. The van der Waals surface area contributed by atoms with Gasteiger partial charge in [0.15, 0.2) is 11.6 Å². The van der Waals surface area contributed by atoms with Gasteiger partial charge in [0.05, 0.1) is 24.4 Å². The van der Waals surface area contributed by atoms with Crippen molar-refractivity contribution in [3.8, 4) is 5.75 Å². The van der Waals surface area contributed by atoms with E-state index in [4.69, 9.17) is 14.2 Å². The first-order chi connectivity index (χ1) is 17.6. The maximum absolute atomic E-state index is 12.6. The van der Waals surface area contributed by atoms with Crippen LogP contribution in [0.1, 0.15) is 37.6 Å². The summed E-state index contributed by atoms with van der Waals surface area (Å²) in [6.45, 7) is 4.56. The number of esters is 2. The van der Waals surface area contributed by atoms with Crippen LogP contribution >= 0.6 is 0 Å². The molecule has 6 N–H and O–H groups in total. The van der Waals surface area contributed by atoms with Crippen LogP contribution < -0.4 is 26.2 Å². The number of H-pyrrole nitrogens is 1. The maximum atomic E-state index is 12.6. The topological polar surface area (TPSA) is 197 Å². The summed E-state index contributed by atoms with van der Waals surface area (Å²) in [6, 6.07) is -0.567. The molecule has 2 aromatic heterocycles. The van der Waals surface area contributed by atoms with E-state index in [-0.39, 0.29) is 50.1 Å². The quantitative estimate of drug-likeness (QED) is 0.215. The minimum atomic E-state index is -1.07. The average Bonchev–Trinajstić information content (AvgIpc) is 2.84. The lowest BCUT2D eigenvalue weighted by molar-refractivity contribution is -0.142. The van der Waals surface area contributed by atoms with E-state index in [9.17, 15) is 24.6 Å². The van der Waals surface area contributed by atoms with Gasteiger partial charge in [-0.25, -0.2) is 0 Å². The smallest absolute Gasteiger partial charge is 0.308 e. The number of methoxy groups -OCH3 is 1. The van der Waals surface area contributed by atoms with Gasteiger partial charge < -0.3 is 40.4 Å². The first kappa shape index (κ1) is 27.8. The van der Waals surface area contributed by atoms with Gasteiger partial charge in [-0.2, -0.15) is 4.98 Å². The van der Waals surface area contributed by atoms with Crippen molar-refractivity contribution in [1.29, 1.82) is 0 Å². The van der Waals surface area contributed by atoms with Crippen LogP contribution in [0, 0.1) is 0 Å². The number of hydrogen-bond acceptors (Lipinski definition) is 13. The number of aromatic amines is 1. The van der Waals surface area contributed by atoms with E-state index >= 15 is 0 Å². The molecule has 0 saturated carbocycles. The zero-order chi connectivity index (χ0) is 27.1. The Morgan fingerprint density at radius 2 is 2.00 bits per heavy atom. The molecule has 0 aliphatic carbocycles. The number of aliphatic hydroxyl groups excluding tert-OH is 2. The zero-order valence-electron chi connectivity index (χ0n) is 21.1. The predicted molar refractivity (Wildman–Crippen MR) is 132 cm³/mol. The Bertz CT molecular complexity index is 1180. The van der Waals surface area contributed by atoms with Crippen LogP contribution in [0.3, 0.4) is 0 Å². The molecular formula is C23H32N6O8. The van der Waals surface area contributed by atoms with Crippen LogP contribution in [0.5, 0.6) is 5.75 Å². The molecule has 3 unspecified atom stereocenters. The number of ether oxygens (including phenoxy) is 3. The summed E-state index contributed by atoms with van der Waals surface area (Å²) < 4.78 is 15.8. The van der Waals surface area contributed by atoms with Gasteiger partial charge in [-0.15, -0.1) is 0 Å². The molecule has 14 heteroatoms. The number of carbonyl (C=O) groups is 2. The molecule has 0 bridgehead atoms. The first-order valence-corrected chi connectivity index (χ1v) is 11.7. The number of rotatable bonds is 11. The molecule has 0 aromatic carbocycles. The number of nitrogens with one attached hydrogen (secondary N) is 4. The van der Waals surface area contributed by atoms with E-state index in [0.29, 0.717) is 22.6 Å². The van der Waals surface area contributed by atoms with Gasteiger partial charge in [-0.1, -0.05) is 0 Å². The van der Waals surface area contributed by atoms with Crippen molar-refractivity contribution in [3.05, 3.63) is 33.4 Å². The van der Waals surface area contributed by atoms with Crippen molar-refractivity contribution >= 4 is 29.4 Å². The van der Waals surface area contributed by atoms with Gasteiger partial charge in [0.2, 0.25) is 5.95 Å². The normalized spacial score (nSPS) is 16.0. The van der Waals surface area contributed by atoms with Crippen LogP contribution in [0.4, 0.5) is 17.5 Å². The molecule has 202 valence electrons. The monoisotopic (exact) mass is 520 g/mol. The molecule has 0 spiro atoms. The standard InChI is InChI=1S/C23H32N6O8/c1-11(30)19(33)17-8-26-21-18(27-17)22(34)29-23(28-21)24-6-5-16-20(37-13(3)32)15(10-36-12(2)31)14(7-25-16)9-35-4/h7,11,17,19,27,30,33H,5-6,8-10H2,1-4H3,(H3,24,26,28,29,34). The van der Waals surface area contributed by atoms with Crippen LogP contribution in [-0.4, -0.2) is 75.6 Å². The minimum absolute atomic E-state index is 0.122. The van der Waals surface area contributed by atoms with E-state index in [1.165, 1.54) is 27.9 Å². The summed E-state index contributed by atoms with van der Waals surface area (Å²) in [5, 5.41) is 28.6. The van der Waals surface area contributed by atoms with Crippen molar-refractivity contribution in [2.24, 2.45) is 0 Å². The molecule has 0 saturated heterocycles. The number of hydrogen-bond donors (Lipinski definition) is 6. The SMILES string of the molecule is COCc1cnc(CCNc2nc3c(c(=O)[nH]2)NC(C(O)C(C)O)CN3)c(OC(C)=O)c1COC(C)=O. The first-order valence-electron chi connectivity index (χ1n) is 11.7. The Balaban J connectivity index is 1.77. The molecular weight excluding hydrogens is 488 g/mol.